The highest BCUT2D eigenvalue weighted by Gasteiger charge is 2.61. The van der Waals surface area contributed by atoms with E-state index in [4.69, 9.17) is 0 Å². The van der Waals surface area contributed by atoms with Crippen molar-refractivity contribution >= 4 is 0 Å². The maximum absolute atomic E-state index is 13.3. The first-order valence-corrected chi connectivity index (χ1v) is 13.0. The van der Waals surface area contributed by atoms with E-state index in [0.29, 0.717) is 42.9 Å². The summed E-state index contributed by atoms with van der Waals surface area (Å²) in [6.45, 7) is 8.60. The monoisotopic (exact) mass is 478 g/mol. The number of halogens is 6. The maximum atomic E-state index is 13.3. The molecule has 0 aromatic carbocycles. The average molecular weight is 479 g/mol. The van der Waals surface area contributed by atoms with E-state index < -0.39 is 18.3 Å². The smallest absolute Gasteiger partial charge is 0.171 e. The van der Waals surface area contributed by atoms with Crippen LogP contribution < -0.4 is 0 Å². The van der Waals surface area contributed by atoms with Gasteiger partial charge in [-0.3, -0.25) is 0 Å². The summed E-state index contributed by atoms with van der Waals surface area (Å²) in [7, 11) is 0. The van der Waals surface area contributed by atoms with Crippen LogP contribution in [0.15, 0.2) is 0 Å². The van der Waals surface area contributed by atoms with Crippen LogP contribution in [-0.4, -0.2) is 12.4 Å². The molecule has 0 heterocycles. The molecule has 0 saturated heterocycles. The first-order chi connectivity index (χ1) is 15.3. The molecule has 0 nitrogen and oxygen atoms in total. The summed E-state index contributed by atoms with van der Waals surface area (Å²) < 4.78 is 77.0. The van der Waals surface area contributed by atoms with Crippen molar-refractivity contribution in [3.05, 3.63) is 0 Å². The summed E-state index contributed by atoms with van der Waals surface area (Å²) in [5, 5.41) is 0. The van der Waals surface area contributed by atoms with E-state index in [9.17, 15) is 26.3 Å². The molecule has 0 N–H and O–H groups in total. The van der Waals surface area contributed by atoms with Gasteiger partial charge in [-0.1, -0.05) is 33.6 Å². The fourth-order valence-electron chi connectivity index (χ4n) is 8.55. The lowest BCUT2D eigenvalue weighted by Gasteiger charge is -2.61. The Morgan fingerprint density at radius 3 is 2.06 bits per heavy atom. The van der Waals surface area contributed by atoms with Gasteiger partial charge in [0.05, 0.1) is 5.92 Å². The maximum Gasteiger partial charge on any atom is 0.457 e. The summed E-state index contributed by atoms with van der Waals surface area (Å²) in [5.41, 5.74) is 0.162. The molecule has 6 heteroatoms. The molecule has 4 saturated carbocycles. The summed E-state index contributed by atoms with van der Waals surface area (Å²) in [5.74, 6) is 4.78. The number of hydrogen-bond acceptors (Lipinski definition) is 0. The Morgan fingerprint density at radius 1 is 0.788 bits per heavy atom. The SMILES string of the molecule is CC.CC12CCC3C(CCC4CC(C(F)(F)F)CCC43C)C1CCC2CCC#CC(F)(F)F. The van der Waals surface area contributed by atoms with Gasteiger partial charge in [0.2, 0.25) is 0 Å². The molecular formula is C27H40F6. The largest absolute Gasteiger partial charge is 0.457 e. The molecule has 0 aromatic rings. The van der Waals surface area contributed by atoms with Crippen molar-refractivity contribution in [3.8, 4) is 11.8 Å². The predicted octanol–water partition coefficient (Wildman–Crippen LogP) is 9.20. The van der Waals surface area contributed by atoms with Gasteiger partial charge in [-0.05, 0) is 105 Å². The number of rotatable bonds is 2. The third kappa shape index (κ3) is 5.22. The van der Waals surface area contributed by atoms with Gasteiger partial charge < -0.3 is 0 Å². The number of hydrogen-bond donors (Lipinski definition) is 0. The van der Waals surface area contributed by atoms with Crippen LogP contribution in [0.2, 0.25) is 0 Å². The van der Waals surface area contributed by atoms with Gasteiger partial charge in [0.1, 0.15) is 0 Å². The molecule has 4 aliphatic rings. The van der Waals surface area contributed by atoms with Gasteiger partial charge in [0, 0.05) is 12.3 Å². The van der Waals surface area contributed by atoms with E-state index in [1.54, 1.807) is 0 Å². The Bertz CT molecular complexity index is 728. The van der Waals surface area contributed by atoms with Crippen molar-refractivity contribution in [2.45, 2.75) is 111 Å². The van der Waals surface area contributed by atoms with E-state index in [-0.39, 0.29) is 23.2 Å². The normalized spacial score (nSPS) is 42.6. The van der Waals surface area contributed by atoms with E-state index in [2.05, 4.69) is 19.8 Å². The standard InChI is InChI=1S/C25H34F6.C2H6/c1-22-14-11-21-19(20(22)9-7-16(22)5-3-4-12-24(26,27)28)8-6-17-15-18(25(29,30)31)10-13-23(17,21)2;1-2/h16-21H,3,5-11,13-15H2,1-2H3;1-2H3. The number of fused-ring (bicyclic) bond motifs is 5. The fourth-order valence-corrected chi connectivity index (χ4v) is 8.55. The van der Waals surface area contributed by atoms with Gasteiger partial charge in [0.25, 0.3) is 0 Å². The number of alkyl halides is 6. The predicted molar refractivity (Wildman–Crippen MR) is 119 cm³/mol. The zero-order chi connectivity index (χ0) is 24.7. The molecule has 0 spiro atoms. The molecule has 0 radical (unpaired) electrons. The Labute approximate surface area is 195 Å². The molecule has 4 rings (SSSR count). The van der Waals surface area contributed by atoms with Gasteiger partial charge in [-0.2, -0.15) is 26.3 Å². The highest BCUT2D eigenvalue weighted by atomic mass is 19.4. The van der Waals surface area contributed by atoms with E-state index in [1.165, 1.54) is 5.92 Å². The van der Waals surface area contributed by atoms with E-state index >= 15 is 0 Å². The lowest BCUT2D eigenvalue weighted by atomic mass is 9.44. The van der Waals surface area contributed by atoms with Crippen molar-refractivity contribution in [1.82, 2.24) is 0 Å². The molecular weight excluding hydrogens is 438 g/mol. The Hall–Kier alpha value is -0.860. The van der Waals surface area contributed by atoms with Crippen LogP contribution in [-0.2, 0) is 0 Å². The lowest BCUT2D eigenvalue weighted by molar-refractivity contribution is -0.208. The fraction of sp³-hybridized carbons (Fsp3) is 0.926. The summed E-state index contributed by atoms with van der Waals surface area (Å²) in [6, 6.07) is 0. The Kier molecular flexibility index (Phi) is 7.82. The highest BCUT2D eigenvalue weighted by molar-refractivity contribution is 5.10. The van der Waals surface area contributed by atoms with Crippen LogP contribution in [0.25, 0.3) is 0 Å². The molecule has 33 heavy (non-hydrogen) atoms. The third-order valence-electron chi connectivity index (χ3n) is 10.2. The van der Waals surface area contributed by atoms with Crippen molar-refractivity contribution in [1.29, 1.82) is 0 Å². The summed E-state index contributed by atoms with van der Waals surface area (Å²) >= 11 is 0. The van der Waals surface area contributed by atoms with Crippen molar-refractivity contribution in [2.24, 2.45) is 46.3 Å². The molecule has 0 amide bonds. The van der Waals surface area contributed by atoms with E-state index in [1.807, 2.05) is 13.8 Å². The minimum Gasteiger partial charge on any atom is -0.171 e. The molecule has 4 aliphatic carbocycles. The van der Waals surface area contributed by atoms with Crippen molar-refractivity contribution < 1.29 is 26.3 Å². The first kappa shape index (κ1) is 26.7. The van der Waals surface area contributed by atoms with E-state index in [0.717, 1.165) is 44.9 Å². The zero-order valence-electron chi connectivity index (χ0n) is 20.5. The molecule has 190 valence electrons. The van der Waals surface area contributed by atoms with Crippen LogP contribution in [0.1, 0.15) is 98.3 Å². The minimum absolute atomic E-state index is 0.0161. The molecule has 0 aromatic heterocycles. The highest BCUT2D eigenvalue weighted by Crippen LogP contribution is 2.68. The molecule has 8 unspecified atom stereocenters. The third-order valence-corrected chi connectivity index (χ3v) is 10.2. The second-order valence-corrected chi connectivity index (χ2v) is 11.3. The summed E-state index contributed by atoms with van der Waals surface area (Å²) in [4.78, 5) is 0. The minimum atomic E-state index is -4.42. The zero-order valence-corrected chi connectivity index (χ0v) is 20.5. The van der Waals surface area contributed by atoms with Crippen LogP contribution in [0, 0.1) is 58.2 Å². The van der Waals surface area contributed by atoms with Crippen molar-refractivity contribution in [2.75, 3.05) is 0 Å². The second-order valence-electron chi connectivity index (χ2n) is 11.3. The first-order valence-electron chi connectivity index (χ1n) is 13.0. The van der Waals surface area contributed by atoms with Crippen LogP contribution in [0.3, 0.4) is 0 Å². The summed E-state index contributed by atoms with van der Waals surface area (Å²) in [6.07, 6.45) is -0.0234. The van der Waals surface area contributed by atoms with Crippen LogP contribution in [0.4, 0.5) is 26.3 Å². The van der Waals surface area contributed by atoms with Gasteiger partial charge >= 0.3 is 12.4 Å². The average Bonchev–Trinajstić information content (AvgIpc) is 3.07. The molecule has 0 aliphatic heterocycles. The van der Waals surface area contributed by atoms with Crippen LogP contribution in [0.5, 0.6) is 0 Å². The van der Waals surface area contributed by atoms with Gasteiger partial charge in [0.15, 0.2) is 0 Å². The van der Waals surface area contributed by atoms with Gasteiger partial charge in [-0.25, -0.2) is 0 Å². The van der Waals surface area contributed by atoms with Crippen LogP contribution >= 0.6 is 0 Å². The second kappa shape index (κ2) is 9.65. The Balaban J connectivity index is 0.00000149. The molecule has 0 bridgehead atoms. The Morgan fingerprint density at radius 2 is 1.42 bits per heavy atom. The quantitative estimate of drug-likeness (QED) is 0.274. The molecule has 8 atom stereocenters. The topological polar surface area (TPSA) is 0 Å². The molecule has 4 fully saturated rings. The van der Waals surface area contributed by atoms with Crippen molar-refractivity contribution in [3.63, 3.8) is 0 Å². The van der Waals surface area contributed by atoms with Gasteiger partial charge in [-0.15, -0.1) is 0 Å². The lowest BCUT2D eigenvalue weighted by Crippen LogP contribution is -2.54.